The van der Waals surface area contributed by atoms with Crippen molar-refractivity contribution in [1.29, 1.82) is 0 Å². The third kappa shape index (κ3) is 4.86. The van der Waals surface area contributed by atoms with E-state index in [9.17, 15) is 13.2 Å². The molecule has 0 saturated heterocycles. The Kier molecular flexibility index (Phi) is 6.52. The lowest BCUT2D eigenvalue weighted by Gasteiger charge is -2.28. The molecule has 0 aromatic heterocycles. The summed E-state index contributed by atoms with van der Waals surface area (Å²) in [5.74, 6) is 0.196. The van der Waals surface area contributed by atoms with Crippen LogP contribution in [0.2, 0.25) is 0 Å². The van der Waals surface area contributed by atoms with E-state index < -0.39 is 9.05 Å². The third-order valence-corrected chi connectivity index (χ3v) is 5.55. The zero-order valence-corrected chi connectivity index (χ0v) is 15.7. The highest BCUT2D eigenvalue weighted by molar-refractivity contribution is 8.13. The van der Waals surface area contributed by atoms with Crippen molar-refractivity contribution >= 4 is 31.4 Å². The molecule has 0 bridgehead atoms. The molecule has 0 spiro atoms. The maximum atomic E-state index is 11.9. The summed E-state index contributed by atoms with van der Waals surface area (Å²) >= 11 is 0. The van der Waals surface area contributed by atoms with Gasteiger partial charge in [-0.25, -0.2) is 8.42 Å². The number of halogens is 1. The second-order valence-electron chi connectivity index (χ2n) is 6.11. The molecule has 1 unspecified atom stereocenters. The van der Waals surface area contributed by atoms with Gasteiger partial charge in [-0.05, 0) is 49.3 Å². The van der Waals surface area contributed by atoms with Crippen LogP contribution < -0.4 is 5.32 Å². The number of esters is 1. The van der Waals surface area contributed by atoms with Crippen LogP contribution >= 0.6 is 10.7 Å². The van der Waals surface area contributed by atoms with Gasteiger partial charge in [0.1, 0.15) is 4.90 Å². The van der Waals surface area contributed by atoms with E-state index in [-0.39, 0.29) is 17.3 Å². The highest BCUT2D eigenvalue weighted by Gasteiger charge is 2.25. The zero-order valence-electron chi connectivity index (χ0n) is 14.1. The van der Waals surface area contributed by atoms with E-state index >= 15 is 0 Å². The molecular weight excluding hydrogens is 350 g/mol. The average molecular weight is 374 g/mol. The van der Waals surface area contributed by atoms with Gasteiger partial charge in [-0.1, -0.05) is 19.4 Å². The maximum absolute atomic E-state index is 11.9. The van der Waals surface area contributed by atoms with Gasteiger partial charge in [-0.15, -0.1) is 0 Å². The summed E-state index contributed by atoms with van der Waals surface area (Å²) in [5.41, 5.74) is 2.36. The second-order valence-corrected chi connectivity index (χ2v) is 8.65. The van der Waals surface area contributed by atoms with Gasteiger partial charge in [0.2, 0.25) is 0 Å². The largest absolute Gasteiger partial charge is 0.466 e. The van der Waals surface area contributed by atoms with E-state index in [1.54, 1.807) is 13.0 Å². The lowest BCUT2D eigenvalue weighted by atomic mass is 9.89. The number of aryl methyl sites for hydroxylation is 1. The van der Waals surface area contributed by atoms with Crippen molar-refractivity contribution in [1.82, 2.24) is 0 Å². The molecule has 134 valence electrons. The summed E-state index contributed by atoms with van der Waals surface area (Å²) in [7, 11) is 1.77. The molecule has 0 amide bonds. The van der Waals surface area contributed by atoms with Gasteiger partial charge in [0, 0.05) is 23.6 Å². The Morgan fingerprint density at radius 2 is 2.12 bits per heavy atom. The smallest absolute Gasteiger partial charge is 0.306 e. The van der Waals surface area contributed by atoms with Crippen LogP contribution in [0.4, 0.5) is 5.69 Å². The van der Waals surface area contributed by atoms with Crippen molar-refractivity contribution in [3.8, 4) is 0 Å². The molecule has 0 saturated carbocycles. The number of hydrogen-bond acceptors (Lipinski definition) is 5. The third-order valence-electron chi connectivity index (χ3n) is 4.20. The molecule has 1 aromatic carbocycles. The normalized spacial score (nSPS) is 17.0. The molecule has 0 radical (unpaired) electrons. The van der Waals surface area contributed by atoms with Crippen LogP contribution in [0.15, 0.2) is 17.0 Å². The molecule has 1 aromatic rings. The quantitative estimate of drug-likeness (QED) is 0.585. The highest BCUT2D eigenvalue weighted by atomic mass is 35.7. The van der Waals surface area contributed by atoms with Crippen LogP contribution in [-0.4, -0.2) is 27.5 Å². The summed E-state index contributed by atoms with van der Waals surface area (Å²) in [4.78, 5) is 11.7. The van der Waals surface area contributed by atoms with Gasteiger partial charge in [0.05, 0.1) is 12.3 Å². The van der Waals surface area contributed by atoms with Gasteiger partial charge >= 0.3 is 5.97 Å². The first-order chi connectivity index (χ1) is 11.3. The predicted octanol–water partition coefficient (Wildman–Crippen LogP) is 3.49. The number of nitrogens with one attached hydrogen (secondary N) is 1. The van der Waals surface area contributed by atoms with Gasteiger partial charge in [0.15, 0.2) is 0 Å². The Balaban J connectivity index is 2.30. The summed E-state index contributed by atoms with van der Waals surface area (Å²) in [6.45, 7) is 4.99. The lowest BCUT2D eigenvalue weighted by molar-refractivity contribution is -0.143. The second kappa shape index (κ2) is 8.21. The minimum atomic E-state index is -3.85. The number of rotatable bonds is 7. The number of fused-ring (bicyclic) bond motifs is 1. The maximum Gasteiger partial charge on any atom is 0.306 e. The molecule has 0 fully saturated rings. The van der Waals surface area contributed by atoms with E-state index in [0.717, 1.165) is 36.9 Å². The minimum absolute atomic E-state index is 0.107. The molecule has 1 aliphatic heterocycles. The number of carbonyl (C=O) groups excluding carboxylic acids is 1. The Hall–Kier alpha value is -1.27. The average Bonchev–Trinajstić information content (AvgIpc) is 2.51. The predicted molar refractivity (Wildman–Crippen MR) is 95.0 cm³/mol. The molecule has 1 aliphatic rings. The SMILES string of the molecule is CCCC1CNc2c(cc(CCC(=O)OCC)cc2S(=O)(=O)Cl)C1. The summed E-state index contributed by atoms with van der Waals surface area (Å²) in [6, 6.07) is 3.54. The van der Waals surface area contributed by atoms with Crippen LogP contribution in [0.5, 0.6) is 0 Å². The monoisotopic (exact) mass is 373 g/mol. The van der Waals surface area contributed by atoms with Crippen molar-refractivity contribution in [2.45, 2.75) is 50.8 Å². The van der Waals surface area contributed by atoms with Crippen LogP contribution in [-0.2, 0) is 31.4 Å². The van der Waals surface area contributed by atoms with Crippen LogP contribution in [0.3, 0.4) is 0 Å². The fraction of sp³-hybridized carbons (Fsp3) is 0.588. The standard InChI is InChI=1S/C17H24ClNO4S/c1-3-5-13-9-14-8-12(6-7-16(20)23-4-2)10-15(24(18,21)22)17(14)19-11-13/h8,10,13,19H,3-7,9,11H2,1-2H3. The lowest BCUT2D eigenvalue weighted by Crippen LogP contribution is -2.24. The number of carbonyl (C=O) groups is 1. The van der Waals surface area contributed by atoms with Gasteiger partial charge in [-0.2, -0.15) is 0 Å². The molecule has 7 heteroatoms. The van der Waals surface area contributed by atoms with Crippen molar-refractivity contribution in [3.05, 3.63) is 23.3 Å². The highest BCUT2D eigenvalue weighted by Crippen LogP contribution is 2.35. The van der Waals surface area contributed by atoms with Gasteiger partial charge in [-0.3, -0.25) is 4.79 Å². The topological polar surface area (TPSA) is 72.5 Å². The van der Waals surface area contributed by atoms with Crippen LogP contribution in [0.25, 0.3) is 0 Å². The molecule has 2 rings (SSSR count). The molecule has 1 heterocycles. The zero-order chi connectivity index (χ0) is 17.7. The molecule has 5 nitrogen and oxygen atoms in total. The van der Waals surface area contributed by atoms with E-state index in [1.165, 1.54) is 0 Å². The van der Waals surface area contributed by atoms with Crippen molar-refractivity contribution in [2.24, 2.45) is 5.92 Å². The van der Waals surface area contributed by atoms with E-state index in [4.69, 9.17) is 15.4 Å². The molecule has 24 heavy (non-hydrogen) atoms. The molecule has 1 N–H and O–H groups in total. The van der Waals surface area contributed by atoms with Crippen molar-refractivity contribution < 1.29 is 17.9 Å². The Labute approximate surface area is 148 Å². The Bertz CT molecular complexity index is 703. The Morgan fingerprint density at radius 1 is 1.38 bits per heavy atom. The van der Waals surface area contributed by atoms with Crippen molar-refractivity contribution in [3.63, 3.8) is 0 Å². The first-order valence-electron chi connectivity index (χ1n) is 8.35. The fourth-order valence-electron chi connectivity index (χ4n) is 3.16. The molecular formula is C17H24ClNO4S. The Morgan fingerprint density at radius 3 is 2.75 bits per heavy atom. The summed E-state index contributed by atoms with van der Waals surface area (Å²) < 4.78 is 28.8. The first kappa shape index (κ1) is 19.1. The summed E-state index contributed by atoms with van der Waals surface area (Å²) in [5, 5.41) is 3.23. The molecule has 1 atom stereocenters. The number of anilines is 1. The van der Waals surface area contributed by atoms with E-state index in [1.807, 2.05) is 6.07 Å². The van der Waals surface area contributed by atoms with Gasteiger partial charge in [0.25, 0.3) is 9.05 Å². The summed E-state index contributed by atoms with van der Waals surface area (Å²) in [6.07, 6.45) is 3.65. The van der Waals surface area contributed by atoms with Crippen LogP contribution in [0.1, 0.15) is 44.2 Å². The first-order valence-corrected chi connectivity index (χ1v) is 10.7. The van der Waals surface area contributed by atoms with Crippen LogP contribution in [0, 0.1) is 5.92 Å². The van der Waals surface area contributed by atoms with Crippen molar-refractivity contribution in [2.75, 3.05) is 18.5 Å². The van der Waals surface area contributed by atoms with E-state index in [2.05, 4.69) is 12.2 Å². The minimum Gasteiger partial charge on any atom is -0.466 e. The van der Waals surface area contributed by atoms with E-state index in [0.29, 0.717) is 24.6 Å². The fourth-order valence-corrected chi connectivity index (χ4v) is 4.26. The molecule has 0 aliphatic carbocycles. The number of benzene rings is 1. The number of hydrogen-bond donors (Lipinski definition) is 1. The van der Waals surface area contributed by atoms with Gasteiger partial charge < -0.3 is 10.1 Å². The number of ether oxygens (including phenoxy) is 1.